The van der Waals surface area contributed by atoms with Crippen molar-refractivity contribution < 1.29 is 9.90 Å². The Labute approximate surface area is 94.1 Å². The molecule has 5 heteroatoms. The molecule has 0 unspecified atom stereocenters. The lowest BCUT2D eigenvalue weighted by Gasteiger charge is -2.14. The average molecular weight is 221 g/mol. The van der Waals surface area contributed by atoms with Crippen molar-refractivity contribution in [3.05, 3.63) is 24.5 Å². The number of rotatable bonds is 3. The first-order chi connectivity index (χ1) is 7.74. The first-order valence-electron chi connectivity index (χ1n) is 5.34. The van der Waals surface area contributed by atoms with E-state index in [2.05, 4.69) is 10.3 Å². The highest BCUT2D eigenvalue weighted by Gasteiger charge is 2.21. The van der Waals surface area contributed by atoms with Gasteiger partial charge in [0.15, 0.2) is 0 Å². The first-order valence-corrected chi connectivity index (χ1v) is 5.34. The van der Waals surface area contributed by atoms with E-state index in [0.29, 0.717) is 13.1 Å². The van der Waals surface area contributed by atoms with Crippen molar-refractivity contribution in [3.63, 3.8) is 0 Å². The number of hydrogen-bond donors (Lipinski definition) is 2. The maximum atomic E-state index is 11.6. The Bertz CT molecular complexity index is 356. The molecule has 1 saturated heterocycles. The predicted octanol–water partition coefficient (Wildman–Crippen LogP) is 0.0867. The molecule has 0 aromatic carbocycles. The summed E-state index contributed by atoms with van der Waals surface area (Å²) < 4.78 is 0. The third-order valence-corrected chi connectivity index (χ3v) is 2.58. The number of aliphatic hydroxyl groups is 1. The molecular formula is C11H15N3O2. The van der Waals surface area contributed by atoms with Gasteiger partial charge in [0, 0.05) is 31.2 Å². The summed E-state index contributed by atoms with van der Waals surface area (Å²) in [6.07, 6.45) is 3.74. The Morgan fingerprint density at radius 3 is 2.94 bits per heavy atom. The van der Waals surface area contributed by atoms with Gasteiger partial charge >= 0.3 is 0 Å². The van der Waals surface area contributed by atoms with Crippen LogP contribution in [0, 0.1) is 0 Å². The number of aromatic nitrogens is 1. The van der Waals surface area contributed by atoms with Crippen molar-refractivity contribution in [1.82, 2.24) is 9.88 Å². The van der Waals surface area contributed by atoms with E-state index in [1.807, 2.05) is 4.90 Å². The number of amides is 1. The maximum Gasteiger partial charge on any atom is 0.238 e. The van der Waals surface area contributed by atoms with Crippen molar-refractivity contribution in [2.75, 3.05) is 25.0 Å². The van der Waals surface area contributed by atoms with Crippen molar-refractivity contribution in [3.8, 4) is 0 Å². The highest BCUT2D eigenvalue weighted by molar-refractivity contribution is 5.92. The van der Waals surface area contributed by atoms with E-state index in [4.69, 9.17) is 0 Å². The van der Waals surface area contributed by atoms with E-state index in [0.717, 1.165) is 18.7 Å². The number of aliphatic hydroxyl groups excluding tert-OH is 1. The largest absolute Gasteiger partial charge is 0.392 e. The van der Waals surface area contributed by atoms with Gasteiger partial charge in [-0.3, -0.25) is 14.7 Å². The van der Waals surface area contributed by atoms with Crippen molar-refractivity contribution in [2.24, 2.45) is 0 Å². The summed E-state index contributed by atoms with van der Waals surface area (Å²) in [6.45, 7) is 1.70. The summed E-state index contributed by atoms with van der Waals surface area (Å²) in [5.74, 6) is -0.0553. The summed E-state index contributed by atoms with van der Waals surface area (Å²) in [7, 11) is 0. The summed E-state index contributed by atoms with van der Waals surface area (Å²) in [5, 5.41) is 12.1. The van der Waals surface area contributed by atoms with Crippen molar-refractivity contribution in [1.29, 1.82) is 0 Å². The van der Waals surface area contributed by atoms with Crippen LogP contribution in [-0.4, -0.2) is 46.6 Å². The number of β-amino-alcohol motifs (C(OH)–C–C–N with tert-alkyl or cyclic N) is 1. The molecule has 16 heavy (non-hydrogen) atoms. The lowest BCUT2D eigenvalue weighted by molar-refractivity contribution is -0.117. The van der Waals surface area contributed by atoms with Gasteiger partial charge in [-0.2, -0.15) is 0 Å². The van der Waals surface area contributed by atoms with E-state index in [9.17, 15) is 9.90 Å². The van der Waals surface area contributed by atoms with Crippen molar-refractivity contribution >= 4 is 11.6 Å². The number of nitrogens with one attached hydrogen (secondary N) is 1. The molecular weight excluding hydrogens is 206 g/mol. The fourth-order valence-electron chi connectivity index (χ4n) is 1.79. The molecule has 1 amide bonds. The smallest absolute Gasteiger partial charge is 0.238 e. The third-order valence-electron chi connectivity index (χ3n) is 2.58. The number of hydrogen-bond acceptors (Lipinski definition) is 4. The second kappa shape index (κ2) is 5.05. The van der Waals surface area contributed by atoms with Crippen LogP contribution in [0.25, 0.3) is 0 Å². The van der Waals surface area contributed by atoms with Gasteiger partial charge in [-0.25, -0.2) is 0 Å². The van der Waals surface area contributed by atoms with Crippen LogP contribution in [0.3, 0.4) is 0 Å². The van der Waals surface area contributed by atoms with Crippen LogP contribution in [0.1, 0.15) is 6.42 Å². The van der Waals surface area contributed by atoms with Crippen molar-refractivity contribution in [2.45, 2.75) is 12.5 Å². The topological polar surface area (TPSA) is 65.5 Å². The van der Waals surface area contributed by atoms with Crippen LogP contribution in [-0.2, 0) is 4.79 Å². The van der Waals surface area contributed by atoms with Crippen LogP contribution >= 0.6 is 0 Å². The molecule has 1 fully saturated rings. The van der Waals surface area contributed by atoms with Crippen LogP contribution in [0.4, 0.5) is 5.69 Å². The molecule has 2 N–H and O–H groups in total. The first kappa shape index (κ1) is 11.0. The molecule has 0 bridgehead atoms. The zero-order valence-electron chi connectivity index (χ0n) is 8.97. The zero-order valence-corrected chi connectivity index (χ0v) is 8.97. The lowest BCUT2D eigenvalue weighted by atomic mass is 10.3. The molecule has 1 aromatic heterocycles. The molecule has 1 aromatic rings. The van der Waals surface area contributed by atoms with E-state index in [1.165, 1.54) is 0 Å². The number of carbonyl (C=O) groups is 1. The quantitative estimate of drug-likeness (QED) is 0.759. The molecule has 0 spiro atoms. The minimum absolute atomic E-state index is 0.0553. The molecule has 2 rings (SSSR count). The molecule has 0 radical (unpaired) electrons. The molecule has 86 valence electrons. The Balaban J connectivity index is 1.81. The fraction of sp³-hybridized carbons (Fsp3) is 0.455. The van der Waals surface area contributed by atoms with Gasteiger partial charge in [0.25, 0.3) is 0 Å². The molecule has 1 atom stereocenters. The minimum Gasteiger partial charge on any atom is -0.392 e. The Morgan fingerprint density at radius 1 is 1.56 bits per heavy atom. The van der Waals surface area contributed by atoms with Gasteiger partial charge in [-0.15, -0.1) is 0 Å². The van der Waals surface area contributed by atoms with Gasteiger partial charge in [-0.05, 0) is 18.6 Å². The van der Waals surface area contributed by atoms with E-state index >= 15 is 0 Å². The molecule has 0 saturated carbocycles. The van der Waals surface area contributed by atoms with Gasteiger partial charge in [0.05, 0.1) is 12.6 Å². The third kappa shape index (κ3) is 3.01. The summed E-state index contributed by atoms with van der Waals surface area (Å²) in [6, 6.07) is 3.49. The van der Waals surface area contributed by atoms with Crippen LogP contribution in [0.2, 0.25) is 0 Å². The van der Waals surface area contributed by atoms with E-state index in [-0.39, 0.29) is 12.0 Å². The number of likely N-dealkylation sites (tertiary alicyclic amines) is 1. The summed E-state index contributed by atoms with van der Waals surface area (Å²) in [4.78, 5) is 17.4. The van der Waals surface area contributed by atoms with Crippen LogP contribution in [0.15, 0.2) is 24.5 Å². The minimum atomic E-state index is -0.284. The number of nitrogens with zero attached hydrogens (tertiary/aromatic N) is 2. The second-order valence-electron chi connectivity index (χ2n) is 3.96. The Hall–Kier alpha value is -1.46. The second-order valence-corrected chi connectivity index (χ2v) is 3.96. The summed E-state index contributed by atoms with van der Waals surface area (Å²) in [5.41, 5.74) is 0.750. The number of carbonyl (C=O) groups excluding carboxylic acids is 1. The molecule has 5 nitrogen and oxygen atoms in total. The predicted molar refractivity (Wildman–Crippen MR) is 59.9 cm³/mol. The van der Waals surface area contributed by atoms with Crippen LogP contribution in [0.5, 0.6) is 0 Å². The molecule has 0 aliphatic carbocycles. The maximum absolute atomic E-state index is 11.6. The van der Waals surface area contributed by atoms with E-state index in [1.54, 1.807) is 24.5 Å². The monoisotopic (exact) mass is 221 g/mol. The SMILES string of the molecule is O=C(CN1CC[C@H](O)C1)Nc1ccncc1. The van der Waals surface area contributed by atoms with Gasteiger partial charge in [0.2, 0.25) is 5.91 Å². The summed E-state index contributed by atoms with van der Waals surface area (Å²) >= 11 is 0. The highest BCUT2D eigenvalue weighted by atomic mass is 16.3. The Morgan fingerprint density at radius 2 is 2.31 bits per heavy atom. The Kier molecular flexibility index (Phi) is 3.48. The number of anilines is 1. The standard InChI is InChI=1S/C11H15N3O2/c15-10-3-6-14(7-10)8-11(16)13-9-1-4-12-5-2-9/h1-2,4-5,10,15H,3,6-8H2,(H,12,13,16)/t10-/m0/s1. The zero-order chi connectivity index (χ0) is 11.4. The van der Waals surface area contributed by atoms with Gasteiger partial charge in [-0.1, -0.05) is 0 Å². The highest BCUT2D eigenvalue weighted by Crippen LogP contribution is 2.09. The van der Waals surface area contributed by atoms with Crippen LogP contribution < -0.4 is 5.32 Å². The molecule has 2 heterocycles. The van der Waals surface area contributed by atoms with Gasteiger partial charge in [0.1, 0.15) is 0 Å². The lowest BCUT2D eigenvalue weighted by Crippen LogP contribution is -2.32. The normalized spacial score (nSPS) is 20.9. The average Bonchev–Trinajstić information content (AvgIpc) is 2.65. The van der Waals surface area contributed by atoms with E-state index < -0.39 is 0 Å². The van der Waals surface area contributed by atoms with Gasteiger partial charge < -0.3 is 10.4 Å². The fourth-order valence-corrected chi connectivity index (χ4v) is 1.79. The number of pyridine rings is 1. The molecule has 1 aliphatic rings. The molecule has 1 aliphatic heterocycles.